The van der Waals surface area contributed by atoms with E-state index in [1.54, 1.807) is 24.1 Å². The molecule has 0 atom stereocenters. The Hall–Kier alpha value is -2.43. The van der Waals surface area contributed by atoms with Crippen LogP contribution in [-0.4, -0.2) is 42.2 Å². The van der Waals surface area contributed by atoms with Crippen molar-refractivity contribution in [3.8, 4) is 0 Å². The minimum absolute atomic E-state index is 0.0575. The molecule has 11 heteroatoms. The van der Waals surface area contributed by atoms with Crippen LogP contribution >= 0.6 is 15.9 Å². The molecule has 0 radical (unpaired) electrons. The molecule has 0 saturated carbocycles. The second-order valence-electron chi connectivity index (χ2n) is 6.04. The van der Waals surface area contributed by atoms with E-state index in [0.29, 0.717) is 11.1 Å². The average molecular weight is 445 g/mol. The van der Waals surface area contributed by atoms with E-state index in [1.807, 2.05) is 6.92 Å². The van der Waals surface area contributed by atoms with Crippen molar-refractivity contribution < 1.29 is 18.0 Å². The Morgan fingerprint density at radius 1 is 1.37 bits per heavy atom. The van der Waals surface area contributed by atoms with Crippen molar-refractivity contribution in [3.05, 3.63) is 45.6 Å². The van der Waals surface area contributed by atoms with E-state index in [4.69, 9.17) is 0 Å². The van der Waals surface area contributed by atoms with Gasteiger partial charge in [0.1, 0.15) is 5.69 Å². The summed E-state index contributed by atoms with van der Waals surface area (Å²) < 4.78 is 42.4. The Labute approximate surface area is 160 Å². The van der Waals surface area contributed by atoms with Crippen LogP contribution in [0.5, 0.6) is 0 Å². The second-order valence-corrected chi connectivity index (χ2v) is 6.84. The summed E-state index contributed by atoms with van der Waals surface area (Å²) in [6.07, 6.45) is -1.19. The minimum atomic E-state index is -4.63. The number of aromatic nitrogens is 5. The van der Waals surface area contributed by atoms with Gasteiger partial charge in [-0.3, -0.25) is 9.48 Å². The van der Waals surface area contributed by atoms with Gasteiger partial charge in [-0.25, -0.2) is 9.50 Å². The summed E-state index contributed by atoms with van der Waals surface area (Å²) in [7, 11) is 1.55. The maximum atomic E-state index is 13.3. The van der Waals surface area contributed by atoms with Crippen LogP contribution in [0, 0.1) is 6.92 Å². The lowest BCUT2D eigenvalue weighted by Gasteiger charge is -2.14. The van der Waals surface area contributed by atoms with E-state index < -0.39 is 17.8 Å². The number of fused-ring (bicyclic) bond motifs is 1. The number of carbonyl (C=O) groups excluding carboxylic acids is 1. The number of halogens is 4. The summed E-state index contributed by atoms with van der Waals surface area (Å²) in [4.78, 5) is 18.2. The molecular formula is C16H16BrF3N6O. The van der Waals surface area contributed by atoms with Gasteiger partial charge in [0.2, 0.25) is 0 Å². The maximum Gasteiger partial charge on any atom is 0.433 e. The highest BCUT2D eigenvalue weighted by Crippen LogP contribution is 2.32. The molecule has 0 saturated heterocycles. The standard InChI is InChI=1S/C16H16BrF3N6O/c1-4-25-8-10(6-21-25)7-24(3)15(27)13-12(17)14-22-9(2)5-11(16(18,19)20)26(14)23-13/h5-6,8H,4,7H2,1-3H3. The molecule has 144 valence electrons. The predicted molar refractivity (Wildman–Crippen MR) is 94.1 cm³/mol. The summed E-state index contributed by atoms with van der Waals surface area (Å²) in [5, 5.41) is 8.01. The molecule has 0 aromatic carbocycles. The van der Waals surface area contributed by atoms with Crippen LogP contribution in [-0.2, 0) is 19.3 Å². The number of nitrogens with zero attached hydrogens (tertiary/aromatic N) is 6. The van der Waals surface area contributed by atoms with Crippen LogP contribution in [0.3, 0.4) is 0 Å². The number of aryl methyl sites for hydroxylation is 2. The molecule has 0 N–H and O–H groups in total. The first kappa shape index (κ1) is 19.3. The van der Waals surface area contributed by atoms with E-state index in [9.17, 15) is 18.0 Å². The Bertz CT molecular complexity index is 1010. The van der Waals surface area contributed by atoms with Gasteiger partial charge >= 0.3 is 6.18 Å². The molecule has 3 aromatic heterocycles. The van der Waals surface area contributed by atoms with Crippen LogP contribution in [0.4, 0.5) is 13.2 Å². The first-order chi connectivity index (χ1) is 12.6. The first-order valence-corrected chi connectivity index (χ1v) is 8.81. The lowest BCUT2D eigenvalue weighted by Crippen LogP contribution is -2.27. The third-order valence-corrected chi connectivity index (χ3v) is 4.66. The quantitative estimate of drug-likeness (QED) is 0.618. The van der Waals surface area contributed by atoms with E-state index >= 15 is 0 Å². The van der Waals surface area contributed by atoms with Gasteiger partial charge in [-0.15, -0.1) is 0 Å². The van der Waals surface area contributed by atoms with Crippen molar-refractivity contribution >= 4 is 27.5 Å². The van der Waals surface area contributed by atoms with Gasteiger partial charge in [0.15, 0.2) is 11.3 Å². The van der Waals surface area contributed by atoms with Crippen LogP contribution in [0.25, 0.3) is 5.65 Å². The Balaban J connectivity index is 1.98. The molecule has 0 fully saturated rings. The number of rotatable bonds is 4. The van der Waals surface area contributed by atoms with Crippen molar-refractivity contribution in [1.82, 2.24) is 29.3 Å². The minimum Gasteiger partial charge on any atom is -0.336 e. The van der Waals surface area contributed by atoms with Gasteiger partial charge in [-0.1, -0.05) is 0 Å². The van der Waals surface area contributed by atoms with Crippen LogP contribution in [0.15, 0.2) is 22.9 Å². The third kappa shape index (κ3) is 3.68. The summed E-state index contributed by atoms with van der Waals surface area (Å²) in [5.41, 5.74) is -0.203. The van der Waals surface area contributed by atoms with Gasteiger partial charge in [-0.05, 0) is 35.8 Å². The fourth-order valence-corrected chi connectivity index (χ4v) is 3.14. The number of hydrogen-bond acceptors (Lipinski definition) is 4. The van der Waals surface area contributed by atoms with E-state index in [1.165, 1.54) is 11.8 Å². The topological polar surface area (TPSA) is 68.3 Å². The zero-order valence-electron chi connectivity index (χ0n) is 14.7. The Kier molecular flexibility index (Phi) is 4.98. The SMILES string of the molecule is CCn1cc(CN(C)C(=O)c2nn3c(C(F)(F)F)cc(C)nc3c2Br)cn1. The molecule has 0 aliphatic carbocycles. The fraction of sp³-hybridized carbons (Fsp3) is 0.375. The highest BCUT2D eigenvalue weighted by atomic mass is 79.9. The number of carbonyl (C=O) groups is 1. The predicted octanol–water partition coefficient (Wildman–Crippen LogP) is 3.31. The van der Waals surface area contributed by atoms with E-state index in [2.05, 4.69) is 31.1 Å². The highest BCUT2D eigenvalue weighted by Gasteiger charge is 2.36. The van der Waals surface area contributed by atoms with E-state index in [0.717, 1.165) is 11.6 Å². The molecule has 27 heavy (non-hydrogen) atoms. The molecule has 0 unspecified atom stereocenters. The van der Waals surface area contributed by atoms with Gasteiger partial charge in [0.25, 0.3) is 5.91 Å². The molecule has 0 bridgehead atoms. The van der Waals surface area contributed by atoms with Crippen molar-refractivity contribution in [2.45, 2.75) is 33.1 Å². The number of hydrogen-bond donors (Lipinski definition) is 0. The third-order valence-electron chi connectivity index (χ3n) is 3.93. The Morgan fingerprint density at radius 2 is 2.07 bits per heavy atom. The molecule has 3 heterocycles. The van der Waals surface area contributed by atoms with Crippen LogP contribution < -0.4 is 0 Å². The summed E-state index contributed by atoms with van der Waals surface area (Å²) >= 11 is 3.18. The molecule has 0 spiro atoms. The monoisotopic (exact) mass is 444 g/mol. The van der Waals surface area contributed by atoms with Crippen LogP contribution in [0.1, 0.15) is 34.4 Å². The number of amides is 1. The van der Waals surface area contributed by atoms with Gasteiger partial charge in [0.05, 0.1) is 10.7 Å². The van der Waals surface area contributed by atoms with Crippen molar-refractivity contribution in [2.75, 3.05) is 7.05 Å². The second kappa shape index (κ2) is 6.95. The summed E-state index contributed by atoms with van der Waals surface area (Å²) in [6, 6.07) is 0.892. The molecule has 7 nitrogen and oxygen atoms in total. The smallest absolute Gasteiger partial charge is 0.336 e. The first-order valence-electron chi connectivity index (χ1n) is 8.01. The maximum absolute atomic E-state index is 13.3. The molecule has 3 rings (SSSR count). The van der Waals surface area contributed by atoms with Crippen molar-refractivity contribution in [3.63, 3.8) is 0 Å². The molecule has 0 aliphatic heterocycles. The molecule has 0 aliphatic rings. The lowest BCUT2D eigenvalue weighted by molar-refractivity contribution is -0.142. The van der Waals surface area contributed by atoms with Gasteiger partial charge in [-0.2, -0.15) is 23.4 Å². The van der Waals surface area contributed by atoms with E-state index in [-0.39, 0.29) is 28.1 Å². The van der Waals surface area contributed by atoms with Gasteiger partial charge in [0, 0.05) is 37.6 Å². The summed E-state index contributed by atoms with van der Waals surface area (Å²) in [6.45, 7) is 4.33. The largest absolute Gasteiger partial charge is 0.433 e. The molecule has 1 amide bonds. The van der Waals surface area contributed by atoms with Gasteiger partial charge < -0.3 is 4.90 Å². The summed E-state index contributed by atoms with van der Waals surface area (Å²) in [5.74, 6) is -0.526. The van der Waals surface area contributed by atoms with Crippen molar-refractivity contribution in [2.24, 2.45) is 0 Å². The molecular weight excluding hydrogens is 429 g/mol. The normalized spacial score (nSPS) is 12.0. The van der Waals surface area contributed by atoms with Crippen molar-refractivity contribution in [1.29, 1.82) is 0 Å². The Morgan fingerprint density at radius 3 is 2.67 bits per heavy atom. The molecule has 3 aromatic rings. The zero-order chi connectivity index (χ0) is 19.9. The average Bonchev–Trinajstić information content (AvgIpc) is 3.17. The lowest BCUT2D eigenvalue weighted by atomic mass is 10.3. The zero-order valence-corrected chi connectivity index (χ0v) is 16.3. The highest BCUT2D eigenvalue weighted by molar-refractivity contribution is 9.10. The van der Waals surface area contributed by atoms with Crippen LogP contribution in [0.2, 0.25) is 0 Å². The number of alkyl halides is 3. The fourth-order valence-electron chi connectivity index (χ4n) is 2.64.